The van der Waals surface area contributed by atoms with E-state index in [1.165, 1.54) is 6.20 Å². The number of hydrogen-bond acceptors (Lipinski definition) is 5. The van der Waals surface area contributed by atoms with Crippen molar-refractivity contribution < 1.29 is 23.4 Å². The number of aryl methyl sites for hydroxylation is 1. The fraction of sp³-hybridized carbons (Fsp3) is 0.474. The fourth-order valence-electron chi connectivity index (χ4n) is 3.24. The number of rotatable bonds is 4. The smallest absolute Gasteiger partial charge is 0.343 e. The Morgan fingerprint density at radius 1 is 1.42 bits per heavy atom. The second-order valence-corrected chi connectivity index (χ2v) is 6.41. The van der Waals surface area contributed by atoms with Gasteiger partial charge >= 0.3 is 5.97 Å². The molecule has 140 valence electrons. The second kappa shape index (κ2) is 6.81. The maximum absolute atomic E-state index is 14.8. The molecule has 0 spiro atoms. The molecule has 1 saturated heterocycles. The standard InChI is InChI=1S/C19H22FNO5/c1-5-21-9-13(18(23)24-6-2)17(22)12-7-15(20)14(8-16(12)21)19(4)25-10-11(3)26-19/h7-9,11H,5-6,10H2,1-4H3. The molecule has 1 aromatic heterocycles. The number of esters is 1. The topological polar surface area (TPSA) is 66.8 Å². The molecule has 0 N–H and O–H groups in total. The number of carbonyl (C=O) groups is 1. The molecule has 0 radical (unpaired) electrons. The van der Waals surface area contributed by atoms with Crippen LogP contribution in [-0.2, 0) is 26.5 Å². The van der Waals surface area contributed by atoms with Gasteiger partial charge in [-0.1, -0.05) is 0 Å². The molecular formula is C19H22FNO5. The Morgan fingerprint density at radius 2 is 2.15 bits per heavy atom. The summed E-state index contributed by atoms with van der Waals surface area (Å²) in [6.07, 6.45) is 1.29. The van der Waals surface area contributed by atoms with E-state index >= 15 is 0 Å². The number of fused-ring (bicyclic) bond motifs is 1. The molecule has 1 fully saturated rings. The highest BCUT2D eigenvalue weighted by Crippen LogP contribution is 2.36. The van der Waals surface area contributed by atoms with Crippen molar-refractivity contribution in [2.45, 2.75) is 46.1 Å². The molecule has 0 bridgehead atoms. The minimum atomic E-state index is -1.22. The molecule has 2 atom stereocenters. The summed E-state index contributed by atoms with van der Waals surface area (Å²) >= 11 is 0. The SMILES string of the molecule is CCOC(=O)c1cn(CC)c2cc(C3(C)OCC(C)O3)c(F)cc2c1=O. The first-order chi connectivity index (χ1) is 12.3. The molecule has 1 aliphatic rings. The summed E-state index contributed by atoms with van der Waals surface area (Å²) in [6.45, 7) is 8.03. The number of carbonyl (C=O) groups excluding carboxylic acids is 1. The third-order valence-corrected chi connectivity index (χ3v) is 4.51. The molecule has 1 aromatic carbocycles. The van der Waals surface area contributed by atoms with Gasteiger partial charge in [0.1, 0.15) is 11.4 Å². The molecule has 0 aliphatic carbocycles. The van der Waals surface area contributed by atoms with E-state index in [1.54, 1.807) is 24.5 Å². The zero-order valence-corrected chi connectivity index (χ0v) is 15.3. The van der Waals surface area contributed by atoms with Crippen LogP contribution >= 0.6 is 0 Å². The number of benzene rings is 1. The van der Waals surface area contributed by atoms with Crippen molar-refractivity contribution in [1.29, 1.82) is 0 Å². The molecule has 2 heterocycles. The summed E-state index contributed by atoms with van der Waals surface area (Å²) in [5.41, 5.74) is 0.0664. The Morgan fingerprint density at radius 3 is 2.73 bits per heavy atom. The van der Waals surface area contributed by atoms with Gasteiger partial charge in [0.25, 0.3) is 0 Å². The summed E-state index contributed by atoms with van der Waals surface area (Å²) < 4.78 is 32.8. The summed E-state index contributed by atoms with van der Waals surface area (Å²) in [4.78, 5) is 24.7. The van der Waals surface area contributed by atoms with Crippen molar-refractivity contribution in [2.75, 3.05) is 13.2 Å². The third kappa shape index (κ3) is 3.01. The predicted molar refractivity (Wildman–Crippen MR) is 93.6 cm³/mol. The molecule has 1 aliphatic heterocycles. The van der Waals surface area contributed by atoms with Crippen LogP contribution in [0.2, 0.25) is 0 Å². The Balaban J connectivity index is 2.23. The van der Waals surface area contributed by atoms with E-state index in [0.29, 0.717) is 18.7 Å². The van der Waals surface area contributed by atoms with E-state index < -0.39 is 23.0 Å². The minimum Gasteiger partial charge on any atom is -0.462 e. The zero-order valence-electron chi connectivity index (χ0n) is 15.3. The second-order valence-electron chi connectivity index (χ2n) is 6.41. The van der Waals surface area contributed by atoms with E-state index in [-0.39, 0.29) is 29.2 Å². The molecule has 7 heteroatoms. The van der Waals surface area contributed by atoms with Gasteiger partial charge in [-0.05, 0) is 39.8 Å². The largest absolute Gasteiger partial charge is 0.462 e. The van der Waals surface area contributed by atoms with Gasteiger partial charge in [-0.3, -0.25) is 4.79 Å². The highest BCUT2D eigenvalue weighted by Gasteiger charge is 2.39. The molecule has 2 unspecified atom stereocenters. The van der Waals surface area contributed by atoms with Crippen LogP contribution in [0.3, 0.4) is 0 Å². The van der Waals surface area contributed by atoms with Crippen LogP contribution in [-0.4, -0.2) is 29.9 Å². The van der Waals surface area contributed by atoms with Gasteiger partial charge in [-0.2, -0.15) is 0 Å². The van der Waals surface area contributed by atoms with Crippen LogP contribution < -0.4 is 5.43 Å². The minimum absolute atomic E-state index is 0.110. The number of aromatic nitrogens is 1. The average molecular weight is 363 g/mol. The molecule has 0 amide bonds. The van der Waals surface area contributed by atoms with Crippen LogP contribution in [0.1, 0.15) is 43.6 Å². The number of halogens is 1. The predicted octanol–water partition coefficient (Wildman–Crippen LogP) is 2.95. The zero-order chi connectivity index (χ0) is 19.1. The summed E-state index contributed by atoms with van der Waals surface area (Å²) in [6, 6.07) is 2.70. The van der Waals surface area contributed by atoms with E-state index in [2.05, 4.69) is 0 Å². The first kappa shape index (κ1) is 18.5. The van der Waals surface area contributed by atoms with Crippen molar-refractivity contribution in [3.63, 3.8) is 0 Å². The number of hydrogen-bond donors (Lipinski definition) is 0. The Kier molecular flexibility index (Phi) is 4.86. The van der Waals surface area contributed by atoms with Gasteiger partial charge in [0, 0.05) is 23.7 Å². The summed E-state index contributed by atoms with van der Waals surface area (Å²) in [7, 11) is 0. The molecular weight excluding hydrogens is 341 g/mol. The lowest BCUT2D eigenvalue weighted by molar-refractivity contribution is -0.161. The summed E-state index contributed by atoms with van der Waals surface area (Å²) in [5.74, 6) is -2.55. The fourth-order valence-corrected chi connectivity index (χ4v) is 3.24. The van der Waals surface area contributed by atoms with Gasteiger partial charge in [0.2, 0.25) is 5.43 Å². The monoisotopic (exact) mass is 363 g/mol. The lowest BCUT2D eigenvalue weighted by atomic mass is 10.0. The first-order valence-electron chi connectivity index (χ1n) is 8.66. The van der Waals surface area contributed by atoms with Crippen LogP contribution in [0, 0.1) is 5.82 Å². The van der Waals surface area contributed by atoms with E-state index in [1.807, 2.05) is 13.8 Å². The van der Waals surface area contributed by atoms with E-state index in [4.69, 9.17) is 14.2 Å². The van der Waals surface area contributed by atoms with Crippen molar-refractivity contribution in [3.05, 3.63) is 45.5 Å². The number of ether oxygens (including phenoxy) is 3. The lowest BCUT2D eigenvalue weighted by Gasteiger charge is -2.25. The summed E-state index contributed by atoms with van der Waals surface area (Å²) in [5, 5.41) is 0.119. The quantitative estimate of drug-likeness (QED) is 0.782. The van der Waals surface area contributed by atoms with E-state index in [9.17, 15) is 14.0 Å². The number of pyridine rings is 1. The maximum Gasteiger partial charge on any atom is 0.343 e. The molecule has 3 rings (SSSR count). The highest BCUT2D eigenvalue weighted by atomic mass is 19.1. The molecule has 2 aromatic rings. The maximum atomic E-state index is 14.8. The van der Waals surface area contributed by atoms with Crippen LogP contribution in [0.25, 0.3) is 10.9 Å². The van der Waals surface area contributed by atoms with Gasteiger partial charge in [0.05, 0.1) is 24.8 Å². The molecule has 0 saturated carbocycles. The van der Waals surface area contributed by atoms with Crippen molar-refractivity contribution >= 4 is 16.9 Å². The number of nitrogens with zero attached hydrogens (tertiary/aromatic N) is 1. The first-order valence-corrected chi connectivity index (χ1v) is 8.66. The van der Waals surface area contributed by atoms with Crippen molar-refractivity contribution in [2.24, 2.45) is 0 Å². The van der Waals surface area contributed by atoms with Gasteiger partial charge in [-0.15, -0.1) is 0 Å². The Hall–Kier alpha value is -2.25. The van der Waals surface area contributed by atoms with Crippen molar-refractivity contribution in [1.82, 2.24) is 4.57 Å². The van der Waals surface area contributed by atoms with Crippen molar-refractivity contribution in [3.8, 4) is 0 Å². The van der Waals surface area contributed by atoms with Crippen LogP contribution in [0.4, 0.5) is 4.39 Å². The molecule has 26 heavy (non-hydrogen) atoms. The molecule has 6 nitrogen and oxygen atoms in total. The van der Waals surface area contributed by atoms with Gasteiger partial charge in [0.15, 0.2) is 5.79 Å². The normalized spacial score (nSPS) is 22.7. The highest BCUT2D eigenvalue weighted by molar-refractivity contribution is 5.94. The Bertz CT molecular complexity index is 922. The lowest BCUT2D eigenvalue weighted by Crippen LogP contribution is -2.26. The van der Waals surface area contributed by atoms with E-state index in [0.717, 1.165) is 6.07 Å². The third-order valence-electron chi connectivity index (χ3n) is 4.51. The van der Waals surface area contributed by atoms with Gasteiger partial charge in [-0.25, -0.2) is 9.18 Å². The van der Waals surface area contributed by atoms with Gasteiger partial charge < -0.3 is 18.8 Å². The average Bonchev–Trinajstić information content (AvgIpc) is 2.95. The Labute approximate surface area is 150 Å². The van der Waals surface area contributed by atoms with Crippen LogP contribution in [0.5, 0.6) is 0 Å². The van der Waals surface area contributed by atoms with Crippen LogP contribution in [0.15, 0.2) is 23.1 Å².